The summed E-state index contributed by atoms with van der Waals surface area (Å²) in [4.78, 5) is 20.2. The molecule has 3 rings (SSSR count). The second kappa shape index (κ2) is 7.70. The van der Waals surface area contributed by atoms with Gasteiger partial charge in [0.25, 0.3) is 5.91 Å². The molecule has 2 aromatic rings. The maximum absolute atomic E-state index is 13.4. The van der Waals surface area contributed by atoms with E-state index in [-0.39, 0.29) is 16.5 Å². The van der Waals surface area contributed by atoms with Gasteiger partial charge >= 0.3 is 0 Å². The van der Waals surface area contributed by atoms with Crippen LogP contribution in [0.15, 0.2) is 41.6 Å². The Hall–Kier alpha value is -2.55. The molecule has 0 saturated carbocycles. The van der Waals surface area contributed by atoms with Crippen LogP contribution in [0.1, 0.15) is 31.1 Å². The van der Waals surface area contributed by atoms with E-state index in [1.165, 1.54) is 18.3 Å². The van der Waals surface area contributed by atoms with Crippen LogP contribution < -0.4 is 4.90 Å². The van der Waals surface area contributed by atoms with E-state index in [4.69, 9.17) is 0 Å². The van der Waals surface area contributed by atoms with E-state index in [1.807, 2.05) is 4.90 Å². The van der Waals surface area contributed by atoms with Crippen LogP contribution in [-0.2, 0) is 9.84 Å². The molecule has 0 N–H and O–H groups in total. The van der Waals surface area contributed by atoms with Gasteiger partial charge in [-0.2, -0.15) is 0 Å². The summed E-state index contributed by atoms with van der Waals surface area (Å²) in [7, 11) is -3.52. The summed E-state index contributed by atoms with van der Waals surface area (Å²) in [5.41, 5.74) is 0.869. The molecule has 1 aliphatic rings. The van der Waals surface area contributed by atoms with Crippen molar-refractivity contribution in [3.8, 4) is 0 Å². The number of piperazine rings is 1. The lowest BCUT2D eigenvalue weighted by Crippen LogP contribution is -2.48. The molecule has 0 aliphatic carbocycles. The molecule has 1 aromatic heterocycles. The molecule has 1 fully saturated rings. The van der Waals surface area contributed by atoms with Crippen molar-refractivity contribution in [2.24, 2.45) is 0 Å². The number of sulfone groups is 1. The quantitative estimate of drug-likeness (QED) is 0.759. The number of benzene rings is 1. The van der Waals surface area contributed by atoms with Gasteiger partial charge in [-0.1, -0.05) is 0 Å². The van der Waals surface area contributed by atoms with Crippen molar-refractivity contribution in [1.29, 1.82) is 0 Å². The van der Waals surface area contributed by atoms with E-state index in [1.54, 1.807) is 31.7 Å². The molecule has 0 bridgehead atoms. The van der Waals surface area contributed by atoms with Gasteiger partial charge in [0.15, 0.2) is 26.5 Å². The summed E-state index contributed by atoms with van der Waals surface area (Å²) >= 11 is 0. The first-order chi connectivity index (χ1) is 13.5. The van der Waals surface area contributed by atoms with Crippen molar-refractivity contribution >= 4 is 21.4 Å². The number of nitrogens with zero attached hydrogens (tertiary/aromatic N) is 3. The van der Waals surface area contributed by atoms with Crippen molar-refractivity contribution < 1.29 is 22.0 Å². The predicted molar refractivity (Wildman–Crippen MR) is 106 cm³/mol. The maximum atomic E-state index is 13.4. The van der Waals surface area contributed by atoms with Crippen molar-refractivity contribution in [2.75, 3.05) is 31.1 Å². The highest BCUT2D eigenvalue weighted by molar-refractivity contribution is 7.92. The fourth-order valence-corrected chi connectivity index (χ4v) is 4.08. The van der Waals surface area contributed by atoms with Crippen LogP contribution >= 0.6 is 0 Å². The summed E-state index contributed by atoms with van der Waals surface area (Å²) in [6, 6.07) is 6.32. The molecule has 0 spiro atoms. The second-order valence-corrected chi connectivity index (χ2v) is 10.5. The fourth-order valence-electron chi connectivity index (χ4n) is 3.01. The zero-order valence-electron chi connectivity index (χ0n) is 16.5. The molecule has 9 heteroatoms. The summed E-state index contributed by atoms with van der Waals surface area (Å²) in [5, 5.41) is 0.0286. The van der Waals surface area contributed by atoms with Crippen LogP contribution in [0, 0.1) is 11.6 Å². The van der Waals surface area contributed by atoms with Gasteiger partial charge in [0.05, 0.1) is 16.6 Å². The number of carbonyl (C=O) groups excluding carboxylic acids is 1. The standard InChI is InChI=1S/C20H23F2N3O3S/c1-20(2,3)29(27,28)18-7-5-15(13-23-18)24-8-10-25(11-9-24)19(26)14-4-6-16(21)17(22)12-14/h4-7,12-13H,8-11H2,1-3H3. The van der Waals surface area contributed by atoms with Gasteiger partial charge in [-0.25, -0.2) is 22.2 Å². The highest BCUT2D eigenvalue weighted by atomic mass is 32.2. The van der Waals surface area contributed by atoms with E-state index in [9.17, 15) is 22.0 Å². The highest BCUT2D eigenvalue weighted by Gasteiger charge is 2.32. The van der Waals surface area contributed by atoms with E-state index in [0.29, 0.717) is 26.2 Å². The number of carbonyl (C=O) groups is 1. The zero-order valence-corrected chi connectivity index (χ0v) is 17.3. The molecule has 1 aliphatic heterocycles. The molecular weight excluding hydrogens is 400 g/mol. The Morgan fingerprint density at radius 2 is 1.66 bits per heavy atom. The predicted octanol–water partition coefficient (Wildman–Crippen LogP) is 2.89. The lowest BCUT2D eigenvalue weighted by atomic mass is 10.1. The van der Waals surface area contributed by atoms with E-state index >= 15 is 0 Å². The Balaban J connectivity index is 1.66. The van der Waals surface area contributed by atoms with Gasteiger partial charge in [0, 0.05) is 31.7 Å². The van der Waals surface area contributed by atoms with Gasteiger partial charge in [-0.05, 0) is 51.1 Å². The normalized spacial score (nSPS) is 15.5. The Labute approximate surface area is 169 Å². The summed E-state index contributed by atoms with van der Waals surface area (Å²) in [5.74, 6) is -2.39. The average molecular weight is 423 g/mol. The smallest absolute Gasteiger partial charge is 0.254 e. The molecule has 6 nitrogen and oxygen atoms in total. The molecular formula is C20H23F2N3O3S. The van der Waals surface area contributed by atoms with Crippen LogP contribution in [0.25, 0.3) is 0 Å². The average Bonchev–Trinajstić information content (AvgIpc) is 2.69. The Bertz CT molecular complexity index is 1010. The Morgan fingerprint density at radius 1 is 1.00 bits per heavy atom. The van der Waals surface area contributed by atoms with E-state index in [2.05, 4.69) is 4.98 Å². The first-order valence-corrected chi connectivity index (χ1v) is 10.7. The zero-order chi connectivity index (χ0) is 21.4. The lowest BCUT2D eigenvalue weighted by molar-refractivity contribution is 0.0746. The largest absolute Gasteiger partial charge is 0.367 e. The van der Waals surface area contributed by atoms with Gasteiger partial charge in [-0.3, -0.25) is 4.79 Å². The van der Waals surface area contributed by atoms with E-state index < -0.39 is 26.2 Å². The van der Waals surface area contributed by atoms with Crippen molar-refractivity contribution in [2.45, 2.75) is 30.5 Å². The van der Waals surface area contributed by atoms with Gasteiger partial charge in [0.1, 0.15) is 0 Å². The molecule has 0 radical (unpaired) electrons. The molecule has 0 unspecified atom stereocenters. The summed E-state index contributed by atoms with van der Waals surface area (Å²) in [6.45, 7) is 6.72. The highest BCUT2D eigenvalue weighted by Crippen LogP contribution is 2.25. The fraction of sp³-hybridized carbons (Fsp3) is 0.400. The minimum atomic E-state index is -3.52. The maximum Gasteiger partial charge on any atom is 0.254 e. The number of amides is 1. The lowest BCUT2D eigenvalue weighted by Gasteiger charge is -2.36. The molecule has 156 valence electrons. The Morgan fingerprint density at radius 3 is 2.17 bits per heavy atom. The number of aromatic nitrogens is 1. The molecule has 29 heavy (non-hydrogen) atoms. The summed E-state index contributed by atoms with van der Waals surface area (Å²) in [6.07, 6.45) is 1.52. The van der Waals surface area contributed by atoms with Crippen molar-refractivity contribution in [3.63, 3.8) is 0 Å². The topological polar surface area (TPSA) is 70.6 Å². The van der Waals surface area contributed by atoms with Gasteiger partial charge < -0.3 is 9.80 Å². The third kappa shape index (κ3) is 4.24. The van der Waals surface area contributed by atoms with Gasteiger partial charge in [-0.15, -0.1) is 0 Å². The van der Waals surface area contributed by atoms with Crippen LogP contribution in [0.5, 0.6) is 0 Å². The number of pyridine rings is 1. The van der Waals surface area contributed by atoms with Gasteiger partial charge in [0.2, 0.25) is 0 Å². The molecule has 1 saturated heterocycles. The van der Waals surface area contributed by atoms with Crippen molar-refractivity contribution in [3.05, 3.63) is 53.7 Å². The third-order valence-electron chi connectivity index (χ3n) is 4.90. The number of rotatable bonds is 3. The van der Waals surface area contributed by atoms with Crippen molar-refractivity contribution in [1.82, 2.24) is 9.88 Å². The van der Waals surface area contributed by atoms with Crippen LogP contribution in [0.2, 0.25) is 0 Å². The minimum Gasteiger partial charge on any atom is -0.367 e. The van der Waals surface area contributed by atoms with Crippen LogP contribution in [0.3, 0.4) is 0 Å². The number of hydrogen-bond acceptors (Lipinski definition) is 5. The third-order valence-corrected chi connectivity index (χ3v) is 7.31. The molecule has 1 aromatic carbocycles. The monoisotopic (exact) mass is 423 g/mol. The van der Waals surface area contributed by atoms with Crippen LogP contribution in [0.4, 0.5) is 14.5 Å². The van der Waals surface area contributed by atoms with E-state index in [0.717, 1.165) is 17.8 Å². The Kier molecular flexibility index (Phi) is 5.62. The minimum absolute atomic E-state index is 0.0286. The summed E-state index contributed by atoms with van der Waals surface area (Å²) < 4.78 is 50.4. The molecule has 0 atom stereocenters. The first kappa shape index (κ1) is 21.2. The first-order valence-electron chi connectivity index (χ1n) is 9.20. The molecule has 2 heterocycles. The number of anilines is 1. The molecule has 1 amide bonds. The van der Waals surface area contributed by atoms with Crippen LogP contribution in [-0.4, -0.2) is 55.1 Å². The number of hydrogen-bond donors (Lipinski definition) is 0. The SMILES string of the molecule is CC(C)(C)S(=O)(=O)c1ccc(N2CCN(C(=O)c3ccc(F)c(F)c3)CC2)cn1. The number of halogens is 2. The second-order valence-electron chi connectivity index (χ2n) is 7.88.